The van der Waals surface area contributed by atoms with Crippen molar-refractivity contribution in [2.75, 3.05) is 6.61 Å². The molecule has 0 saturated carbocycles. The van der Waals surface area contributed by atoms with Crippen molar-refractivity contribution in [2.45, 2.75) is 19.8 Å². The van der Waals surface area contributed by atoms with Gasteiger partial charge in [0.1, 0.15) is 0 Å². The van der Waals surface area contributed by atoms with Gasteiger partial charge in [0, 0.05) is 6.07 Å². The normalized spacial score (nSPS) is 10.0. The lowest BCUT2D eigenvalue weighted by atomic mass is 10.2. The largest absolute Gasteiger partial charge is 0.487 e. The van der Waals surface area contributed by atoms with Crippen molar-refractivity contribution in [3.63, 3.8) is 0 Å². The van der Waals surface area contributed by atoms with E-state index in [0.29, 0.717) is 17.9 Å². The van der Waals surface area contributed by atoms with Gasteiger partial charge in [-0.2, -0.15) is 0 Å². The predicted octanol–water partition coefficient (Wildman–Crippen LogP) is 2.96. The van der Waals surface area contributed by atoms with Crippen molar-refractivity contribution in [2.24, 2.45) is 0 Å². The third-order valence-electron chi connectivity index (χ3n) is 1.98. The Morgan fingerprint density at radius 3 is 2.87 bits per heavy atom. The molecule has 4 nitrogen and oxygen atoms in total. The standard InChI is InChI=1S/C11H14NO3/c1-3-4-7-15-11-8-9(2)5-6-10(11)12(13)14/h5-6,8H,2-4,7H2,1H3. The van der Waals surface area contributed by atoms with Crippen molar-refractivity contribution in [1.82, 2.24) is 0 Å². The molecule has 1 radical (unpaired) electrons. The zero-order valence-corrected chi connectivity index (χ0v) is 8.73. The predicted molar refractivity (Wildman–Crippen MR) is 58.0 cm³/mol. The lowest BCUT2D eigenvalue weighted by molar-refractivity contribution is -0.385. The molecular weight excluding hydrogens is 194 g/mol. The molecule has 15 heavy (non-hydrogen) atoms. The molecule has 0 atom stereocenters. The molecule has 1 aromatic rings. The zero-order valence-electron chi connectivity index (χ0n) is 8.73. The lowest BCUT2D eigenvalue weighted by Gasteiger charge is -2.06. The zero-order chi connectivity index (χ0) is 11.3. The van der Waals surface area contributed by atoms with Gasteiger partial charge in [-0.15, -0.1) is 0 Å². The number of rotatable bonds is 5. The average molecular weight is 208 g/mol. The minimum atomic E-state index is -0.444. The molecule has 4 heteroatoms. The highest BCUT2D eigenvalue weighted by atomic mass is 16.6. The van der Waals surface area contributed by atoms with Gasteiger partial charge in [0.05, 0.1) is 11.5 Å². The first kappa shape index (κ1) is 11.5. The van der Waals surface area contributed by atoms with Gasteiger partial charge in [-0.05, 0) is 25.0 Å². The topological polar surface area (TPSA) is 52.4 Å². The Morgan fingerprint density at radius 1 is 1.53 bits per heavy atom. The van der Waals surface area contributed by atoms with E-state index in [1.807, 2.05) is 6.92 Å². The minimum Gasteiger partial charge on any atom is -0.487 e. The molecule has 0 aliphatic heterocycles. The summed E-state index contributed by atoms with van der Waals surface area (Å²) in [5.74, 6) is 0.306. The summed E-state index contributed by atoms with van der Waals surface area (Å²) in [4.78, 5) is 10.2. The Kier molecular flexibility index (Phi) is 4.09. The molecule has 0 fully saturated rings. The van der Waals surface area contributed by atoms with E-state index in [9.17, 15) is 10.1 Å². The fourth-order valence-electron chi connectivity index (χ4n) is 1.15. The van der Waals surface area contributed by atoms with Gasteiger partial charge in [0.2, 0.25) is 0 Å². The molecule has 0 amide bonds. The van der Waals surface area contributed by atoms with Gasteiger partial charge >= 0.3 is 5.69 Å². The molecule has 0 aromatic heterocycles. The summed E-state index contributed by atoms with van der Waals surface area (Å²) < 4.78 is 5.34. The highest BCUT2D eigenvalue weighted by Crippen LogP contribution is 2.27. The van der Waals surface area contributed by atoms with E-state index in [0.717, 1.165) is 12.8 Å². The van der Waals surface area contributed by atoms with Crippen LogP contribution in [0.5, 0.6) is 5.75 Å². The smallest absolute Gasteiger partial charge is 0.310 e. The van der Waals surface area contributed by atoms with Crippen LogP contribution in [-0.4, -0.2) is 11.5 Å². The van der Waals surface area contributed by atoms with Crippen LogP contribution >= 0.6 is 0 Å². The highest BCUT2D eigenvalue weighted by molar-refractivity contribution is 5.49. The van der Waals surface area contributed by atoms with Gasteiger partial charge in [-0.25, -0.2) is 0 Å². The van der Waals surface area contributed by atoms with E-state index in [2.05, 4.69) is 6.92 Å². The van der Waals surface area contributed by atoms with Crippen LogP contribution in [0.2, 0.25) is 0 Å². The van der Waals surface area contributed by atoms with Gasteiger partial charge < -0.3 is 4.74 Å². The van der Waals surface area contributed by atoms with Crippen LogP contribution in [0.4, 0.5) is 5.69 Å². The van der Waals surface area contributed by atoms with Crippen LogP contribution in [0.25, 0.3) is 0 Å². The van der Waals surface area contributed by atoms with Crippen molar-refractivity contribution in [3.8, 4) is 5.75 Å². The van der Waals surface area contributed by atoms with Crippen LogP contribution in [0.15, 0.2) is 18.2 Å². The SMILES string of the molecule is [CH2]c1ccc([N+](=O)[O-])c(OCCCC)c1. The van der Waals surface area contributed by atoms with E-state index in [1.165, 1.54) is 6.07 Å². The fourth-order valence-corrected chi connectivity index (χ4v) is 1.15. The van der Waals surface area contributed by atoms with Crippen molar-refractivity contribution < 1.29 is 9.66 Å². The molecule has 0 heterocycles. The Balaban J connectivity index is 2.82. The second kappa shape index (κ2) is 5.34. The second-order valence-corrected chi connectivity index (χ2v) is 3.26. The van der Waals surface area contributed by atoms with Crippen LogP contribution in [-0.2, 0) is 0 Å². The van der Waals surface area contributed by atoms with Crippen LogP contribution < -0.4 is 4.74 Å². The maximum atomic E-state index is 10.7. The van der Waals surface area contributed by atoms with E-state index in [-0.39, 0.29) is 5.69 Å². The Bertz CT molecular complexity index is 350. The van der Waals surface area contributed by atoms with Crippen LogP contribution in [0, 0.1) is 17.0 Å². The van der Waals surface area contributed by atoms with Gasteiger partial charge in [0.25, 0.3) is 0 Å². The maximum Gasteiger partial charge on any atom is 0.310 e. The maximum absolute atomic E-state index is 10.7. The number of ether oxygens (including phenoxy) is 1. The number of hydrogen-bond acceptors (Lipinski definition) is 3. The first-order valence-electron chi connectivity index (χ1n) is 4.88. The Labute approximate surface area is 89.0 Å². The fraction of sp³-hybridized carbons (Fsp3) is 0.364. The lowest BCUT2D eigenvalue weighted by Crippen LogP contribution is -2.00. The summed E-state index contributed by atoms with van der Waals surface area (Å²) in [6.45, 7) is 6.25. The minimum absolute atomic E-state index is 0.00139. The molecule has 1 aromatic carbocycles. The van der Waals surface area contributed by atoms with Gasteiger partial charge in [-0.1, -0.05) is 19.4 Å². The molecule has 0 aliphatic carbocycles. The highest BCUT2D eigenvalue weighted by Gasteiger charge is 2.14. The van der Waals surface area contributed by atoms with Gasteiger partial charge in [0.15, 0.2) is 5.75 Å². The number of benzene rings is 1. The number of nitro benzene ring substituents is 1. The summed E-state index contributed by atoms with van der Waals surface area (Å²) in [6.07, 6.45) is 1.89. The first-order valence-corrected chi connectivity index (χ1v) is 4.88. The molecule has 0 unspecified atom stereocenters. The number of nitrogens with zero attached hydrogens (tertiary/aromatic N) is 1. The number of unbranched alkanes of at least 4 members (excludes halogenated alkanes) is 1. The molecule has 1 rings (SSSR count). The molecule has 0 spiro atoms. The van der Waals surface area contributed by atoms with Crippen molar-refractivity contribution >= 4 is 5.69 Å². The van der Waals surface area contributed by atoms with Gasteiger partial charge in [-0.3, -0.25) is 10.1 Å². The molecule has 0 bridgehead atoms. The molecule has 81 valence electrons. The monoisotopic (exact) mass is 208 g/mol. The van der Waals surface area contributed by atoms with Crippen LogP contribution in [0.3, 0.4) is 0 Å². The third kappa shape index (κ3) is 3.23. The summed E-state index contributed by atoms with van der Waals surface area (Å²) in [5.41, 5.74) is 0.714. The molecule has 0 N–H and O–H groups in total. The molecule has 0 saturated heterocycles. The van der Waals surface area contributed by atoms with Crippen LogP contribution in [0.1, 0.15) is 25.3 Å². The van der Waals surface area contributed by atoms with E-state index >= 15 is 0 Å². The average Bonchev–Trinajstić information content (AvgIpc) is 2.18. The van der Waals surface area contributed by atoms with E-state index < -0.39 is 4.92 Å². The van der Waals surface area contributed by atoms with E-state index in [4.69, 9.17) is 4.74 Å². The number of nitro groups is 1. The summed E-state index contributed by atoms with van der Waals surface area (Å²) in [5, 5.41) is 10.7. The summed E-state index contributed by atoms with van der Waals surface area (Å²) in [6, 6.07) is 4.61. The van der Waals surface area contributed by atoms with Crippen molar-refractivity contribution in [1.29, 1.82) is 0 Å². The Morgan fingerprint density at radius 2 is 2.27 bits per heavy atom. The van der Waals surface area contributed by atoms with Crippen molar-refractivity contribution in [3.05, 3.63) is 40.8 Å². The van der Waals surface area contributed by atoms with E-state index in [1.54, 1.807) is 12.1 Å². The summed E-state index contributed by atoms with van der Waals surface area (Å²) in [7, 11) is 0. The molecular formula is C11H14NO3. The first-order chi connectivity index (χ1) is 7.15. The third-order valence-corrected chi connectivity index (χ3v) is 1.98. The number of hydrogen-bond donors (Lipinski definition) is 0. The summed E-state index contributed by atoms with van der Waals surface area (Å²) >= 11 is 0. The molecule has 0 aliphatic rings. The second-order valence-electron chi connectivity index (χ2n) is 3.26. The Hall–Kier alpha value is -1.58. The quantitative estimate of drug-likeness (QED) is 0.424.